The van der Waals surface area contributed by atoms with E-state index in [4.69, 9.17) is 21.1 Å². The summed E-state index contributed by atoms with van der Waals surface area (Å²) in [6, 6.07) is 8.18. The van der Waals surface area contributed by atoms with Crippen LogP contribution in [-0.2, 0) is 6.42 Å². The fourth-order valence-electron chi connectivity index (χ4n) is 2.81. The summed E-state index contributed by atoms with van der Waals surface area (Å²) in [6.45, 7) is 0.863. The Kier molecular flexibility index (Phi) is 3.50. The Hall–Kier alpha value is -2.80. The lowest BCUT2D eigenvalue weighted by Crippen LogP contribution is -2.10. The van der Waals surface area contributed by atoms with Crippen LogP contribution in [0.2, 0.25) is 5.02 Å². The average Bonchev–Trinajstić information content (AvgIpc) is 2.92. The Morgan fingerprint density at radius 1 is 1.17 bits per heavy atom. The first-order valence-electron chi connectivity index (χ1n) is 7.31. The summed E-state index contributed by atoms with van der Waals surface area (Å²) in [6.07, 6.45) is 0.767. The summed E-state index contributed by atoms with van der Waals surface area (Å²) in [7, 11) is 0. The first-order chi connectivity index (χ1) is 11.6. The highest BCUT2D eigenvalue weighted by atomic mass is 35.5. The maximum atomic E-state index is 10.9. The van der Waals surface area contributed by atoms with Crippen molar-refractivity contribution in [1.29, 1.82) is 0 Å². The van der Waals surface area contributed by atoms with E-state index >= 15 is 0 Å². The zero-order valence-electron chi connectivity index (χ0n) is 12.4. The van der Waals surface area contributed by atoms with Crippen LogP contribution in [0.5, 0.6) is 11.5 Å². The van der Waals surface area contributed by atoms with Gasteiger partial charge in [-0.15, -0.1) is 0 Å². The van der Waals surface area contributed by atoms with E-state index in [1.807, 2.05) is 12.1 Å². The molecular formula is C16H12ClN3O4. The maximum Gasteiger partial charge on any atom is 0.270 e. The van der Waals surface area contributed by atoms with Gasteiger partial charge in [-0.3, -0.25) is 10.1 Å². The predicted molar refractivity (Wildman–Crippen MR) is 88.0 cm³/mol. The summed E-state index contributed by atoms with van der Waals surface area (Å²) in [4.78, 5) is 10.4. The van der Waals surface area contributed by atoms with E-state index in [1.54, 1.807) is 6.07 Å². The van der Waals surface area contributed by atoms with E-state index in [-0.39, 0.29) is 17.5 Å². The summed E-state index contributed by atoms with van der Waals surface area (Å²) in [5, 5.41) is 15.6. The van der Waals surface area contributed by atoms with E-state index in [0.717, 1.165) is 17.5 Å². The predicted octanol–water partition coefficient (Wildman–Crippen LogP) is 2.88. The Labute approximate surface area is 142 Å². The van der Waals surface area contributed by atoms with Crippen molar-refractivity contribution in [3.05, 3.63) is 62.2 Å². The van der Waals surface area contributed by atoms with Crippen molar-refractivity contribution in [2.45, 2.75) is 6.42 Å². The van der Waals surface area contributed by atoms with Gasteiger partial charge in [0.25, 0.3) is 5.69 Å². The molecule has 2 aliphatic rings. The number of nitro groups is 1. The first kappa shape index (κ1) is 14.8. The molecule has 122 valence electrons. The van der Waals surface area contributed by atoms with Crippen molar-refractivity contribution >= 4 is 23.0 Å². The third-order valence-corrected chi connectivity index (χ3v) is 4.28. The molecule has 0 aromatic heterocycles. The van der Waals surface area contributed by atoms with Gasteiger partial charge in [-0.25, -0.2) is 0 Å². The molecule has 0 amide bonds. The van der Waals surface area contributed by atoms with Crippen molar-refractivity contribution in [1.82, 2.24) is 5.43 Å². The number of rotatable bonds is 2. The Balaban J connectivity index is 1.85. The van der Waals surface area contributed by atoms with Crippen LogP contribution in [0.3, 0.4) is 0 Å². The lowest BCUT2D eigenvalue weighted by molar-refractivity contribution is -0.384. The number of nitrogens with one attached hydrogen (secondary N) is 1. The number of halogens is 1. The second-order valence-corrected chi connectivity index (χ2v) is 5.81. The molecule has 24 heavy (non-hydrogen) atoms. The molecule has 2 aromatic rings. The number of hydrogen-bond acceptors (Lipinski definition) is 6. The number of non-ortho nitro benzene ring substituents is 1. The van der Waals surface area contributed by atoms with Crippen molar-refractivity contribution in [2.75, 3.05) is 13.3 Å². The molecule has 0 spiro atoms. The van der Waals surface area contributed by atoms with Gasteiger partial charge in [-0.1, -0.05) is 11.6 Å². The minimum atomic E-state index is -0.477. The van der Waals surface area contributed by atoms with Gasteiger partial charge in [-0.05, 0) is 30.2 Å². The minimum absolute atomic E-state index is 0.0585. The third-order valence-electron chi connectivity index (χ3n) is 3.97. The topological polar surface area (TPSA) is 86.0 Å². The third kappa shape index (κ3) is 2.43. The van der Waals surface area contributed by atoms with Crippen molar-refractivity contribution in [3.8, 4) is 11.5 Å². The molecule has 0 fully saturated rings. The van der Waals surface area contributed by atoms with Crippen LogP contribution >= 0.6 is 11.6 Å². The van der Waals surface area contributed by atoms with E-state index in [2.05, 4.69) is 10.5 Å². The lowest BCUT2D eigenvalue weighted by Gasteiger charge is -2.11. The molecule has 0 atom stereocenters. The van der Waals surface area contributed by atoms with Crippen LogP contribution < -0.4 is 14.9 Å². The Morgan fingerprint density at radius 2 is 1.96 bits per heavy atom. The molecule has 2 aromatic carbocycles. The SMILES string of the molecule is O=[N+]([O-])c1ccc(C2=NNCCc3cc4c(cc32)OCO4)c(Cl)c1. The molecule has 1 N–H and O–H groups in total. The number of ether oxygens (including phenoxy) is 2. The highest BCUT2D eigenvalue weighted by Gasteiger charge is 2.24. The summed E-state index contributed by atoms with van der Waals surface area (Å²) < 4.78 is 10.9. The monoisotopic (exact) mass is 345 g/mol. The molecule has 2 heterocycles. The van der Waals surface area contributed by atoms with Crippen molar-refractivity contribution in [3.63, 3.8) is 0 Å². The number of nitrogens with zero attached hydrogens (tertiary/aromatic N) is 2. The fourth-order valence-corrected chi connectivity index (χ4v) is 3.08. The molecule has 7 nitrogen and oxygen atoms in total. The van der Waals surface area contributed by atoms with Gasteiger partial charge in [0.15, 0.2) is 11.5 Å². The maximum absolute atomic E-state index is 10.9. The lowest BCUT2D eigenvalue weighted by atomic mass is 9.95. The van der Waals surface area contributed by atoms with Gasteiger partial charge in [0, 0.05) is 29.8 Å². The summed E-state index contributed by atoms with van der Waals surface area (Å²) in [5.74, 6) is 1.37. The van der Waals surface area contributed by atoms with Gasteiger partial charge >= 0.3 is 0 Å². The van der Waals surface area contributed by atoms with Crippen LogP contribution in [0, 0.1) is 10.1 Å². The molecule has 0 saturated heterocycles. The average molecular weight is 346 g/mol. The standard InChI is InChI=1S/C16H12ClN3O4/c17-13-6-10(20(21)22)1-2-11(13)16-12-7-15-14(23-8-24-15)5-9(12)3-4-18-19-16/h1-2,5-7,18H,3-4,8H2. The quantitative estimate of drug-likeness (QED) is 0.668. The highest BCUT2D eigenvalue weighted by Crippen LogP contribution is 2.37. The second kappa shape index (κ2) is 5.68. The van der Waals surface area contributed by atoms with Crippen molar-refractivity contribution < 1.29 is 14.4 Å². The van der Waals surface area contributed by atoms with Gasteiger partial charge in [0.1, 0.15) is 0 Å². The molecule has 0 radical (unpaired) electrons. The Bertz CT molecular complexity index is 882. The second-order valence-electron chi connectivity index (χ2n) is 5.40. The van der Waals surface area contributed by atoms with Gasteiger partial charge in [0.2, 0.25) is 6.79 Å². The number of nitro benzene ring substituents is 1. The van der Waals surface area contributed by atoms with E-state index in [1.165, 1.54) is 12.1 Å². The highest BCUT2D eigenvalue weighted by molar-refractivity contribution is 6.35. The zero-order valence-corrected chi connectivity index (χ0v) is 13.2. The van der Waals surface area contributed by atoms with Crippen LogP contribution in [0.1, 0.15) is 16.7 Å². The van der Waals surface area contributed by atoms with E-state index < -0.39 is 4.92 Å². The smallest absolute Gasteiger partial charge is 0.270 e. The van der Waals surface area contributed by atoms with Crippen LogP contribution in [-0.4, -0.2) is 24.0 Å². The zero-order chi connectivity index (χ0) is 16.7. The number of fused-ring (bicyclic) bond motifs is 2. The van der Waals surface area contributed by atoms with Crippen LogP contribution in [0.25, 0.3) is 0 Å². The van der Waals surface area contributed by atoms with Gasteiger partial charge in [-0.2, -0.15) is 5.10 Å². The van der Waals surface area contributed by atoms with E-state index in [9.17, 15) is 10.1 Å². The first-order valence-corrected chi connectivity index (χ1v) is 7.69. The molecule has 0 aliphatic carbocycles. The number of benzene rings is 2. The number of hydrogen-bond donors (Lipinski definition) is 1. The van der Waals surface area contributed by atoms with Crippen LogP contribution in [0.15, 0.2) is 35.4 Å². The molecule has 8 heteroatoms. The molecular weight excluding hydrogens is 334 g/mol. The summed E-state index contributed by atoms with van der Waals surface area (Å²) >= 11 is 6.27. The molecule has 0 bridgehead atoms. The normalized spacial score (nSPS) is 15.1. The molecule has 0 saturated carbocycles. The molecule has 2 aliphatic heterocycles. The fraction of sp³-hybridized carbons (Fsp3) is 0.188. The van der Waals surface area contributed by atoms with Crippen LogP contribution in [0.4, 0.5) is 5.69 Å². The van der Waals surface area contributed by atoms with E-state index in [0.29, 0.717) is 29.3 Å². The molecule has 4 rings (SSSR count). The number of hydrazone groups is 1. The molecule has 0 unspecified atom stereocenters. The summed E-state index contributed by atoms with van der Waals surface area (Å²) in [5.41, 5.74) is 6.11. The largest absolute Gasteiger partial charge is 0.454 e. The van der Waals surface area contributed by atoms with Crippen molar-refractivity contribution in [2.24, 2.45) is 5.10 Å². The van der Waals surface area contributed by atoms with Gasteiger partial charge < -0.3 is 14.9 Å². The minimum Gasteiger partial charge on any atom is -0.454 e. The Morgan fingerprint density at radius 3 is 2.71 bits per heavy atom. The van der Waals surface area contributed by atoms with Gasteiger partial charge in [0.05, 0.1) is 15.7 Å².